The van der Waals surface area contributed by atoms with E-state index in [9.17, 15) is 8.42 Å². The number of ether oxygens (including phenoxy) is 1. The molecule has 0 amide bonds. The van der Waals surface area contributed by atoms with E-state index in [0.29, 0.717) is 36.6 Å². The summed E-state index contributed by atoms with van der Waals surface area (Å²) in [7, 11) is -3.20. The van der Waals surface area contributed by atoms with E-state index in [4.69, 9.17) is 16.3 Å². The fourth-order valence-electron chi connectivity index (χ4n) is 2.31. The molecule has 9 heteroatoms. The average Bonchev–Trinajstić information content (AvgIpc) is 2.66. The third-order valence-corrected chi connectivity index (χ3v) is 5.07. The number of guanidine groups is 1. The summed E-state index contributed by atoms with van der Waals surface area (Å²) in [5.74, 6) is 1.33. The number of aromatic nitrogens is 1. The summed E-state index contributed by atoms with van der Waals surface area (Å²) in [4.78, 5) is 8.86. The van der Waals surface area contributed by atoms with Gasteiger partial charge in [0.25, 0.3) is 0 Å². The molecule has 0 atom stereocenters. The van der Waals surface area contributed by atoms with Crippen molar-refractivity contribution in [2.75, 3.05) is 32.5 Å². The molecule has 7 nitrogen and oxygen atoms in total. The number of hydrogen-bond acceptors (Lipinski definition) is 5. The fourth-order valence-corrected chi connectivity index (χ4v) is 3.06. The molecule has 0 aliphatic rings. The first-order valence-electron chi connectivity index (χ1n) is 8.94. The van der Waals surface area contributed by atoms with Crippen LogP contribution in [0.2, 0.25) is 5.15 Å². The second kappa shape index (κ2) is 10.9. The van der Waals surface area contributed by atoms with Crippen molar-refractivity contribution in [3.05, 3.63) is 53.3 Å². The number of rotatable bonds is 9. The molecule has 0 unspecified atom stereocenters. The molecule has 0 saturated carbocycles. The van der Waals surface area contributed by atoms with Crippen LogP contribution in [0.15, 0.2) is 52.5 Å². The van der Waals surface area contributed by atoms with Gasteiger partial charge in [-0.25, -0.2) is 13.4 Å². The molecule has 1 heterocycles. The Kier molecular flexibility index (Phi) is 8.53. The molecule has 0 bridgehead atoms. The molecule has 0 aliphatic heterocycles. The van der Waals surface area contributed by atoms with E-state index in [1.807, 2.05) is 13.0 Å². The maximum atomic E-state index is 11.5. The third-order valence-electron chi connectivity index (χ3n) is 3.72. The zero-order valence-electron chi connectivity index (χ0n) is 16.0. The fraction of sp³-hybridized carbons (Fsp3) is 0.368. The lowest BCUT2D eigenvalue weighted by atomic mass is 10.2. The highest BCUT2D eigenvalue weighted by atomic mass is 35.5. The predicted octanol–water partition coefficient (Wildman–Crippen LogP) is 2.32. The lowest BCUT2D eigenvalue weighted by molar-refractivity contribution is 0.321. The summed E-state index contributed by atoms with van der Waals surface area (Å²) >= 11 is 5.78. The SMILES string of the molecule is CCNC(=NCCc1ccc(Cl)nc1)NCCOc1ccc(S(C)(=O)=O)cc1. The van der Waals surface area contributed by atoms with E-state index in [-0.39, 0.29) is 4.90 Å². The van der Waals surface area contributed by atoms with Crippen molar-refractivity contribution >= 4 is 27.4 Å². The van der Waals surface area contributed by atoms with E-state index in [1.54, 1.807) is 24.4 Å². The van der Waals surface area contributed by atoms with Crippen molar-refractivity contribution in [3.8, 4) is 5.75 Å². The molecule has 0 saturated heterocycles. The van der Waals surface area contributed by atoms with Crippen molar-refractivity contribution in [1.82, 2.24) is 15.6 Å². The first-order valence-corrected chi connectivity index (χ1v) is 11.2. The van der Waals surface area contributed by atoms with Crippen molar-refractivity contribution < 1.29 is 13.2 Å². The molecule has 0 aliphatic carbocycles. The molecular formula is C19H25ClN4O3S. The predicted molar refractivity (Wildman–Crippen MR) is 112 cm³/mol. The summed E-state index contributed by atoms with van der Waals surface area (Å²) in [5.41, 5.74) is 1.07. The van der Waals surface area contributed by atoms with Crippen molar-refractivity contribution in [3.63, 3.8) is 0 Å². The molecule has 0 spiro atoms. The van der Waals surface area contributed by atoms with Gasteiger partial charge < -0.3 is 15.4 Å². The first kappa shape index (κ1) is 22.0. The molecule has 2 N–H and O–H groups in total. The van der Waals surface area contributed by atoms with Gasteiger partial charge in [-0.05, 0) is 49.2 Å². The minimum absolute atomic E-state index is 0.274. The van der Waals surface area contributed by atoms with Crippen LogP contribution in [0.3, 0.4) is 0 Å². The van der Waals surface area contributed by atoms with Crippen LogP contribution in [0.4, 0.5) is 0 Å². The quantitative estimate of drug-likeness (QED) is 0.278. The van der Waals surface area contributed by atoms with Gasteiger partial charge in [-0.1, -0.05) is 17.7 Å². The Balaban J connectivity index is 1.76. The largest absolute Gasteiger partial charge is 0.492 e. The number of benzene rings is 1. The van der Waals surface area contributed by atoms with Crippen LogP contribution < -0.4 is 15.4 Å². The number of pyridine rings is 1. The standard InChI is InChI=1S/C19H25ClN4O3S/c1-3-21-19(22-11-10-15-4-9-18(20)24-14-15)23-12-13-27-16-5-7-17(8-6-16)28(2,25)26/h4-9,14H,3,10-13H2,1-2H3,(H2,21,22,23). The average molecular weight is 425 g/mol. The normalized spacial score (nSPS) is 11.9. The van der Waals surface area contributed by atoms with Gasteiger partial charge in [-0.2, -0.15) is 0 Å². The summed E-state index contributed by atoms with van der Waals surface area (Å²) in [6.07, 6.45) is 3.70. The van der Waals surface area contributed by atoms with E-state index in [2.05, 4.69) is 20.6 Å². The van der Waals surface area contributed by atoms with E-state index < -0.39 is 9.84 Å². The smallest absolute Gasteiger partial charge is 0.191 e. The van der Waals surface area contributed by atoms with E-state index in [1.165, 1.54) is 18.4 Å². The van der Waals surface area contributed by atoms with Gasteiger partial charge >= 0.3 is 0 Å². The summed E-state index contributed by atoms with van der Waals surface area (Å²) < 4.78 is 28.5. The number of nitrogens with one attached hydrogen (secondary N) is 2. The van der Waals surface area contributed by atoms with Gasteiger partial charge in [0.1, 0.15) is 17.5 Å². The van der Waals surface area contributed by atoms with Crippen molar-refractivity contribution in [2.45, 2.75) is 18.2 Å². The number of halogens is 1. The molecule has 2 aromatic rings. The minimum atomic E-state index is -3.20. The molecule has 28 heavy (non-hydrogen) atoms. The van der Waals surface area contributed by atoms with Gasteiger partial charge in [-0.15, -0.1) is 0 Å². The van der Waals surface area contributed by atoms with Gasteiger partial charge in [-0.3, -0.25) is 4.99 Å². The van der Waals surface area contributed by atoms with E-state index in [0.717, 1.165) is 18.5 Å². The van der Waals surface area contributed by atoms with Gasteiger partial charge in [0, 0.05) is 25.5 Å². The van der Waals surface area contributed by atoms with Crippen LogP contribution in [-0.4, -0.2) is 51.9 Å². The van der Waals surface area contributed by atoms with Crippen LogP contribution in [0.1, 0.15) is 12.5 Å². The number of aliphatic imine (C=N–C) groups is 1. The van der Waals surface area contributed by atoms with Gasteiger partial charge in [0.2, 0.25) is 0 Å². The molecule has 0 radical (unpaired) electrons. The maximum Gasteiger partial charge on any atom is 0.191 e. The molecule has 0 fully saturated rings. The van der Waals surface area contributed by atoms with Crippen LogP contribution in [0.5, 0.6) is 5.75 Å². The highest BCUT2D eigenvalue weighted by molar-refractivity contribution is 7.90. The van der Waals surface area contributed by atoms with Crippen LogP contribution in [0.25, 0.3) is 0 Å². The second-order valence-corrected chi connectivity index (χ2v) is 8.42. The molecule has 1 aromatic carbocycles. The lowest BCUT2D eigenvalue weighted by Crippen LogP contribution is -2.39. The van der Waals surface area contributed by atoms with Crippen LogP contribution in [-0.2, 0) is 16.3 Å². The summed E-state index contributed by atoms with van der Waals surface area (Å²) in [6.45, 7) is 4.35. The van der Waals surface area contributed by atoms with Crippen LogP contribution >= 0.6 is 11.6 Å². The van der Waals surface area contributed by atoms with Crippen molar-refractivity contribution in [2.24, 2.45) is 4.99 Å². The zero-order valence-corrected chi connectivity index (χ0v) is 17.6. The maximum absolute atomic E-state index is 11.5. The first-order chi connectivity index (χ1) is 13.4. The van der Waals surface area contributed by atoms with Crippen LogP contribution in [0, 0.1) is 0 Å². The Morgan fingerprint density at radius 3 is 2.54 bits per heavy atom. The Morgan fingerprint density at radius 2 is 1.93 bits per heavy atom. The topological polar surface area (TPSA) is 92.7 Å². The highest BCUT2D eigenvalue weighted by Crippen LogP contribution is 2.15. The third kappa shape index (κ3) is 7.74. The minimum Gasteiger partial charge on any atom is -0.492 e. The Hall–Kier alpha value is -2.32. The van der Waals surface area contributed by atoms with Gasteiger partial charge in [0.05, 0.1) is 11.4 Å². The lowest BCUT2D eigenvalue weighted by Gasteiger charge is -2.12. The Bertz CT molecular complexity index is 869. The van der Waals surface area contributed by atoms with Crippen molar-refractivity contribution in [1.29, 1.82) is 0 Å². The summed E-state index contributed by atoms with van der Waals surface area (Å²) in [6, 6.07) is 10.1. The highest BCUT2D eigenvalue weighted by Gasteiger charge is 2.06. The summed E-state index contributed by atoms with van der Waals surface area (Å²) in [5, 5.41) is 6.86. The molecule has 1 aromatic heterocycles. The molecule has 152 valence electrons. The number of sulfone groups is 1. The Labute approximate surface area is 171 Å². The van der Waals surface area contributed by atoms with Gasteiger partial charge in [0.15, 0.2) is 15.8 Å². The second-order valence-electron chi connectivity index (χ2n) is 6.02. The number of hydrogen-bond donors (Lipinski definition) is 2. The monoisotopic (exact) mass is 424 g/mol. The Morgan fingerprint density at radius 1 is 1.18 bits per heavy atom. The zero-order chi connectivity index (χ0) is 20.4. The molecule has 2 rings (SSSR count). The number of nitrogens with zero attached hydrogens (tertiary/aromatic N) is 2. The molecular weight excluding hydrogens is 400 g/mol. The van der Waals surface area contributed by atoms with E-state index >= 15 is 0 Å².